The Hall–Kier alpha value is -2.49. The molecule has 0 aromatic heterocycles. The Morgan fingerprint density at radius 1 is 0.885 bits per heavy atom. The monoisotopic (exact) mass is 379 g/mol. The van der Waals surface area contributed by atoms with Gasteiger partial charge in [0.25, 0.3) is 0 Å². The number of benzene rings is 3. The summed E-state index contributed by atoms with van der Waals surface area (Å²) in [7, 11) is 0. The van der Waals surface area contributed by atoms with Gasteiger partial charge in [0.1, 0.15) is 10.8 Å². The van der Waals surface area contributed by atoms with Gasteiger partial charge in [-0.2, -0.15) is 0 Å². The number of hydrogen-bond donors (Lipinski definition) is 0. The molecule has 0 aliphatic rings. The van der Waals surface area contributed by atoms with E-state index in [-0.39, 0.29) is 0 Å². The van der Waals surface area contributed by atoms with Crippen molar-refractivity contribution in [2.24, 2.45) is 4.99 Å². The number of ether oxygens (including phenoxy) is 1. The highest BCUT2D eigenvalue weighted by Gasteiger charge is 2.07. The van der Waals surface area contributed by atoms with Crippen LogP contribution in [0.25, 0.3) is 0 Å². The molecule has 26 heavy (non-hydrogen) atoms. The normalized spacial score (nSPS) is 12.1. The number of nitrogens with zero attached hydrogens (tertiary/aromatic N) is 1. The van der Waals surface area contributed by atoms with Gasteiger partial charge >= 0.3 is 0 Å². The molecule has 0 saturated heterocycles. The Labute approximate surface area is 163 Å². The average Bonchev–Trinajstić information content (AvgIpc) is 2.69. The fraction of sp³-hybridized carbons (Fsp3) is 0.0455. The number of halogens is 1. The number of para-hydroxylation sites is 1. The van der Waals surface area contributed by atoms with E-state index in [1.165, 1.54) is 0 Å². The topological polar surface area (TPSA) is 21.6 Å². The van der Waals surface area contributed by atoms with E-state index in [9.17, 15) is 0 Å². The van der Waals surface area contributed by atoms with Crippen molar-refractivity contribution in [1.29, 1.82) is 0 Å². The maximum atomic E-state index is 5.97. The van der Waals surface area contributed by atoms with E-state index < -0.39 is 0 Å². The Balaban J connectivity index is 1.87. The summed E-state index contributed by atoms with van der Waals surface area (Å²) in [5, 5.41) is 1.57. The second-order valence-electron chi connectivity index (χ2n) is 5.54. The zero-order valence-corrected chi connectivity index (χ0v) is 15.9. The molecule has 0 fully saturated rings. The molecule has 2 nitrogen and oxygen atoms in total. The Morgan fingerprint density at radius 2 is 1.50 bits per heavy atom. The fourth-order valence-corrected chi connectivity index (χ4v) is 3.13. The molecule has 0 radical (unpaired) electrons. The second-order valence-corrected chi connectivity index (χ2v) is 7.04. The summed E-state index contributed by atoms with van der Waals surface area (Å²) in [6, 6.07) is 27.3. The van der Waals surface area contributed by atoms with Gasteiger partial charge in [-0.05, 0) is 55.5 Å². The molecule has 3 aromatic rings. The van der Waals surface area contributed by atoms with Gasteiger partial charge in [-0.15, -0.1) is 0 Å². The third-order valence-corrected chi connectivity index (χ3v) is 4.83. The predicted octanol–water partition coefficient (Wildman–Crippen LogP) is 7.15. The van der Waals surface area contributed by atoms with Crippen LogP contribution in [-0.2, 0) is 0 Å². The molecule has 130 valence electrons. The van der Waals surface area contributed by atoms with Crippen molar-refractivity contribution in [3.63, 3.8) is 0 Å². The highest BCUT2D eigenvalue weighted by molar-refractivity contribution is 8.14. The predicted molar refractivity (Wildman–Crippen MR) is 112 cm³/mol. The summed E-state index contributed by atoms with van der Waals surface area (Å²) in [6.45, 7) is 1.99. The molecule has 0 heterocycles. The molecule has 0 aliphatic carbocycles. The number of rotatable bonds is 5. The number of aliphatic imine (C=N–C) groups is 1. The van der Waals surface area contributed by atoms with Gasteiger partial charge in [-0.1, -0.05) is 59.8 Å². The summed E-state index contributed by atoms with van der Waals surface area (Å²) in [5.74, 6) is 0.794. The van der Waals surface area contributed by atoms with Crippen LogP contribution in [0.4, 0.5) is 5.69 Å². The van der Waals surface area contributed by atoms with Gasteiger partial charge in [-0.25, -0.2) is 4.99 Å². The van der Waals surface area contributed by atoms with Crippen LogP contribution in [0.3, 0.4) is 0 Å². The van der Waals surface area contributed by atoms with Crippen LogP contribution in [0.5, 0.6) is 5.75 Å². The zero-order chi connectivity index (χ0) is 18.2. The average molecular weight is 380 g/mol. The van der Waals surface area contributed by atoms with Crippen LogP contribution in [0.15, 0.2) is 107 Å². The van der Waals surface area contributed by atoms with Crippen LogP contribution in [-0.4, -0.2) is 5.04 Å². The Bertz CT molecular complexity index is 890. The second kappa shape index (κ2) is 9.27. The largest absolute Gasteiger partial charge is 0.465 e. The molecule has 0 bridgehead atoms. The van der Waals surface area contributed by atoms with Crippen molar-refractivity contribution in [2.45, 2.75) is 11.8 Å². The van der Waals surface area contributed by atoms with Crippen molar-refractivity contribution in [2.75, 3.05) is 0 Å². The highest BCUT2D eigenvalue weighted by atomic mass is 35.5. The fourth-order valence-electron chi connectivity index (χ4n) is 2.13. The summed E-state index contributed by atoms with van der Waals surface area (Å²) in [4.78, 5) is 5.90. The smallest absolute Gasteiger partial charge is 0.126 e. The van der Waals surface area contributed by atoms with Gasteiger partial charge < -0.3 is 4.74 Å². The van der Waals surface area contributed by atoms with Crippen molar-refractivity contribution in [3.8, 4) is 5.75 Å². The molecule has 3 aromatic carbocycles. The van der Waals surface area contributed by atoms with Crippen LogP contribution in [0.1, 0.15) is 6.92 Å². The Kier molecular flexibility index (Phi) is 6.53. The van der Waals surface area contributed by atoms with Crippen LogP contribution in [0, 0.1) is 0 Å². The first-order valence-electron chi connectivity index (χ1n) is 8.17. The summed E-state index contributed by atoms with van der Waals surface area (Å²) >= 11 is 7.57. The van der Waals surface area contributed by atoms with E-state index in [0.717, 1.165) is 26.9 Å². The molecule has 3 rings (SSSR count). The minimum atomic E-state index is 0.695. The minimum Gasteiger partial charge on any atom is -0.465 e. The van der Waals surface area contributed by atoms with Gasteiger partial charge in [0, 0.05) is 15.5 Å². The van der Waals surface area contributed by atoms with Gasteiger partial charge in [0.2, 0.25) is 0 Å². The maximum absolute atomic E-state index is 5.97. The van der Waals surface area contributed by atoms with E-state index in [0.29, 0.717) is 5.02 Å². The van der Waals surface area contributed by atoms with E-state index in [1.807, 2.05) is 79.7 Å². The first-order valence-corrected chi connectivity index (χ1v) is 9.36. The third kappa shape index (κ3) is 5.51. The number of thioether (sulfide) groups is 1. The zero-order valence-electron chi connectivity index (χ0n) is 14.3. The van der Waals surface area contributed by atoms with Gasteiger partial charge in [0.15, 0.2) is 0 Å². The van der Waals surface area contributed by atoms with E-state index >= 15 is 0 Å². The molecule has 0 N–H and O–H groups in total. The minimum absolute atomic E-state index is 0.695. The van der Waals surface area contributed by atoms with Crippen LogP contribution in [0.2, 0.25) is 5.02 Å². The molecule has 0 atom stereocenters. The first kappa shape index (κ1) is 18.3. The molecule has 0 aliphatic heterocycles. The van der Waals surface area contributed by atoms with E-state index in [1.54, 1.807) is 18.0 Å². The van der Waals surface area contributed by atoms with Crippen molar-refractivity contribution in [3.05, 3.63) is 102 Å². The molecular weight excluding hydrogens is 362 g/mol. The SMILES string of the molecule is CC(=COc1ccccc1)C(=Nc1ccc(Cl)cc1)Sc1ccccc1. The molecule has 0 spiro atoms. The molecule has 0 amide bonds. The quantitative estimate of drug-likeness (QED) is 0.203. The maximum Gasteiger partial charge on any atom is 0.126 e. The van der Waals surface area contributed by atoms with Gasteiger partial charge in [-0.3, -0.25) is 0 Å². The van der Waals surface area contributed by atoms with Gasteiger partial charge in [0.05, 0.1) is 11.9 Å². The molecular formula is C22H18ClNOS. The van der Waals surface area contributed by atoms with Crippen LogP contribution < -0.4 is 4.74 Å². The lowest BCUT2D eigenvalue weighted by Gasteiger charge is -2.08. The summed E-state index contributed by atoms with van der Waals surface area (Å²) in [5.41, 5.74) is 1.79. The lowest BCUT2D eigenvalue weighted by Crippen LogP contribution is -1.97. The van der Waals surface area contributed by atoms with E-state index in [2.05, 4.69) is 12.1 Å². The van der Waals surface area contributed by atoms with E-state index in [4.69, 9.17) is 21.3 Å². The lowest BCUT2D eigenvalue weighted by atomic mass is 10.3. The summed E-state index contributed by atoms with van der Waals surface area (Å²) in [6.07, 6.45) is 1.74. The Morgan fingerprint density at radius 3 is 2.15 bits per heavy atom. The van der Waals surface area contributed by atoms with Crippen molar-refractivity contribution >= 4 is 34.1 Å². The highest BCUT2D eigenvalue weighted by Crippen LogP contribution is 2.27. The third-order valence-electron chi connectivity index (χ3n) is 3.47. The molecule has 0 unspecified atom stereocenters. The molecule has 4 heteroatoms. The molecule has 0 saturated carbocycles. The van der Waals surface area contributed by atoms with Crippen LogP contribution >= 0.6 is 23.4 Å². The standard InChI is InChI=1S/C22H18ClNOS/c1-17(16-25-20-8-4-2-5-9-20)22(26-21-10-6-3-7-11-21)24-19-14-12-18(23)13-15-19/h2-16H,1H3. The van der Waals surface area contributed by atoms with Crippen molar-refractivity contribution < 1.29 is 4.74 Å². The number of hydrogen-bond acceptors (Lipinski definition) is 3. The summed E-state index contributed by atoms with van der Waals surface area (Å²) < 4.78 is 5.77. The van der Waals surface area contributed by atoms with Crippen molar-refractivity contribution in [1.82, 2.24) is 0 Å². The lowest BCUT2D eigenvalue weighted by molar-refractivity contribution is 0.478. The first-order chi connectivity index (χ1) is 12.7.